The number of furan rings is 1. The van der Waals surface area contributed by atoms with Crippen LogP contribution in [0.25, 0.3) is 0 Å². The summed E-state index contributed by atoms with van der Waals surface area (Å²) in [6.45, 7) is 3.03. The summed E-state index contributed by atoms with van der Waals surface area (Å²) in [6, 6.07) is 2.23. The lowest BCUT2D eigenvalue weighted by Gasteiger charge is -2.16. The van der Waals surface area contributed by atoms with Gasteiger partial charge in [0.05, 0.1) is 18.6 Å². The van der Waals surface area contributed by atoms with Crippen LogP contribution in [0, 0.1) is 0 Å². The molecule has 4 heteroatoms. The Labute approximate surface area is 95.3 Å². The summed E-state index contributed by atoms with van der Waals surface area (Å²) in [7, 11) is 2.02. The van der Waals surface area contributed by atoms with Gasteiger partial charge in [0, 0.05) is 19.4 Å². The van der Waals surface area contributed by atoms with E-state index in [-0.39, 0.29) is 6.04 Å². The van der Waals surface area contributed by atoms with Crippen molar-refractivity contribution < 1.29 is 4.42 Å². The third-order valence-corrected chi connectivity index (χ3v) is 2.64. The number of aryl methyl sites for hydroxylation is 1. The molecule has 0 aromatic carbocycles. The fourth-order valence-corrected chi connectivity index (χ4v) is 1.86. The van der Waals surface area contributed by atoms with Crippen molar-refractivity contribution in [2.45, 2.75) is 19.4 Å². The number of imidazole rings is 1. The molecule has 0 fully saturated rings. The number of nitrogens with one attached hydrogen (secondary N) is 1. The van der Waals surface area contributed by atoms with Crippen LogP contribution in [0.5, 0.6) is 0 Å². The van der Waals surface area contributed by atoms with E-state index in [2.05, 4.69) is 17.2 Å². The highest BCUT2D eigenvalue weighted by atomic mass is 16.3. The van der Waals surface area contributed by atoms with E-state index in [0.29, 0.717) is 0 Å². The van der Waals surface area contributed by atoms with Crippen LogP contribution in [0.3, 0.4) is 0 Å². The average molecular weight is 219 g/mol. The average Bonchev–Trinajstić information content (AvgIpc) is 2.88. The molecule has 86 valence electrons. The zero-order chi connectivity index (χ0) is 11.4. The van der Waals surface area contributed by atoms with Crippen molar-refractivity contribution in [3.63, 3.8) is 0 Å². The second kappa shape index (κ2) is 4.99. The maximum Gasteiger partial charge on any atom is 0.125 e. The molecule has 0 aliphatic heterocycles. The smallest absolute Gasteiger partial charge is 0.125 e. The van der Waals surface area contributed by atoms with E-state index < -0.39 is 0 Å². The number of hydrogen-bond acceptors (Lipinski definition) is 3. The Morgan fingerprint density at radius 1 is 1.56 bits per heavy atom. The zero-order valence-corrected chi connectivity index (χ0v) is 9.68. The molecule has 2 aromatic rings. The Morgan fingerprint density at radius 3 is 3.00 bits per heavy atom. The standard InChI is InChI=1S/C12H17N3O/c1-3-13-11(8-10-4-7-16-9-10)12-14-5-6-15(12)2/h4-7,9,11,13H,3,8H2,1-2H3. The van der Waals surface area contributed by atoms with E-state index in [9.17, 15) is 0 Å². The Balaban J connectivity index is 2.14. The van der Waals surface area contributed by atoms with Crippen molar-refractivity contribution in [2.24, 2.45) is 7.05 Å². The summed E-state index contributed by atoms with van der Waals surface area (Å²) < 4.78 is 7.14. The Kier molecular flexibility index (Phi) is 3.41. The van der Waals surface area contributed by atoms with Gasteiger partial charge in [0.1, 0.15) is 5.82 Å². The van der Waals surface area contributed by atoms with Crippen molar-refractivity contribution in [1.82, 2.24) is 14.9 Å². The first-order valence-electron chi connectivity index (χ1n) is 5.53. The van der Waals surface area contributed by atoms with Crippen molar-refractivity contribution in [3.05, 3.63) is 42.4 Å². The third kappa shape index (κ3) is 2.33. The van der Waals surface area contributed by atoms with Gasteiger partial charge in [-0.25, -0.2) is 4.98 Å². The van der Waals surface area contributed by atoms with Crippen LogP contribution in [0.2, 0.25) is 0 Å². The predicted molar refractivity (Wildman–Crippen MR) is 62.0 cm³/mol. The number of rotatable bonds is 5. The molecule has 2 rings (SSSR count). The zero-order valence-electron chi connectivity index (χ0n) is 9.68. The van der Waals surface area contributed by atoms with E-state index >= 15 is 0 Å². The SMILES string of the molecule is CCNC(Cc1ccoc1)c1nccn1C. The van der Waals surface area contributed by atoms with Crippen LogP contribution >= 0.6 is 0 Å². The van der Waals surface area contributed by atoms with Gasteiger partial charge in [-0.2, -0.15) is 0 Å². The highest BCUT2D eigenvalue weighted by Crippen LogP contribution is 2.16. The maximum atomic E-state index is 5.09. The van der Waals surface area contributed by atoms with Gasteiger partial charge in [0.2, 0.25) is 0 Å². The van der Waals surface area contributed by atoms with Crippen LogP contribution in [0.15, 0.2) is 35.4 Å². The topological polar surface area (TPSA) is 43.0 Å². The molecule has 0 bridgehead atoms. The van der Waals surface area contributed by atoms with E-state index in [1.807, 2.05) is 30.1 Å². The molecule has 0 spiro atoms. The highest BCUT2D eigenvalue weighted by Gasteiger charge is 2.15. The molecule has 4 nitrogen and oxygen atoms in total. The lowest BCUT2D eigenvalue weighted by Crippen LogP contribution is -2.25. The van der Waals surface area contributed by atoms with Crippen molar-refractivity contribution in [1.29, 1.82) is 0 Å². The molecule has 0 amide bonds. The predicted octanol–water partition coefficient (Wildman–Crippen LogP) is 1.91. The van der Waals surface area contributed by atoms with E-state index in [0.717, 1.165) is 18.8 Å². The number of aromatic nitrogens is 2. The van der Waals surface area contributed by atoms with Crippen LogP contribution in [-0.2, 0) is 13.5 Å². The Bertz CT molecular complexity index is 419. The van der Waals surface area contributed by atoms with Crippen LogP contribution in [-0.4, -0.2) is 16.1 Å². The van der Waals surface area contributed by atoms with Crippen molar-refractivity contribution >= 4 is 0 Å². The molecule has 1 N–H and O–H groups in total. The third-order valence-electron chi connectivity index (χ3n) is 2.64. The van der Waals surface area contributed by atoms with Gasteiger partial charge in [-0.15, -0.1) is 0 Å². The number of nitrogens with zero attached hydrogens (tertiary/aromatic N) is 2. The van der Waals surface area contributed by atoms with E-state index in [4.69, 9.17) is 4.42 Å². The molecule has 2 heterocycles. The Hall–Kier alpha value is -1.55. The minimum absolute atomic E-state index is 0.239. The van der Waals surface area contributed by atoms with Gasteiger partial charge in [-0.05, 0) is 24.6 Å². The molecule has 0 radical (unpaired) electrons. The van der Waals surface area contributed by atoms with Gasteiger partial charge in [-0.1, -0.05) is 6.92 Å². The molecule has 1 atom stereocenters. The summed E-state index contributed by atoms with van der Waals surface area (Å²) in [6.07, 6.45) is 8.18. The summed E-state index contributed by atoms with van der Waals surface area (Å²) in [4.78, 5) is 4.39. The van der Waals surface area contributed by atoms with Crippen LogP contribution in [0.4, 0.5) is 0 Å². The normalized spacial score (nSPS) is 12.9. The molecular formula is C12H17N3O. The lowest BCUT2D eigenvalue weighted by molar-refractivity contribution is 0.501. The molecule has 0 aliphatic rings. The van der Waals surface area contributed by atoms with Gasteiger partial charge in [0.25, 0.3) is 0 Å². The fraction of sp³-hybridized carbons (Fsp3) is 0.417. The second-order valence-corrected chi connectivity index (χ2v) is 3.84. The van der Waals surface area contributed by atoms with Gasteiger partial charge in [0.15, 0.2) is 0 Å². The van der Waals surface area contributed by atoms with Gasteiger partial charge >= 0.3 is 0 Å². The van der Waals surface area contributed by atoms with E-state index in [1.54, 1.807) is 12.5 Å². The molecule has 0 aliphatic carbocycles. The maximum absolute atomic E-state index is 5.09. The van der Waals surface area contributed by atoms with Crippen LogP contribution < -0.4 is 5.32 Å². The first-order chi connectivity index (χ1) is 7.81. The first-order valence-corrected chi connectivity index (χ1v) is 5.53. The molecule has 2 aromatic heterocycles. The Morgan fingerprint density at radius 2 is 2.44 bits per heavy atom. The second-order valence-electron chi connectivity index (χ2n) is 3.84. The van der Waals surface area contributed by atoms with Crippen LogP contribution in [0.1, 0.15) is 24.4 Å². The van der Waals surface area contributed by atoms with Crippen molar-refractivity contribution in [2.75, 3.05) is 6.54 Å². The monoisotopic (exact) mass is 219 g/mol. The summed E-state index contributed by atoms with van der Waals surface area (Å²) in [5.41, 5.74) is 1.19. The molecule has 16 heavy (non-hydrogen) atoms. The summed E-state index contributed by atoms with van der Waals surface area (Å²) in [5.74, 6) is 1.06. The van der Waals surface area contributed by atoms with Crippen molar-refractivity contribution in [3.8, 4) is 0 Å². The van der Waals surface area contributed by atoms with Gasteiger partial charge < -0.3 is 14.3 Å². The summed E-state index contributed by atoms with van der Waals surface area (Å²) >= 11 is 0. The first kappa shape index (κ1) is 11.0. The lowest BCUT2D eigenvalue weighted by atomic mass is 10.1. The quantitative estimate of drug-likeness (QED) is 0.835. The fourth-order valence-electron chi connectivity index (χ4n) is 1.86. The van der Waals surface area contributed by atoms with Gasteiger partial charge in [-0.3, -0.25) is 0 Å². The largest absolute Gasteiger partial charge is 0.472 e. The summed E-state index contributed by atoms with van der Waals surface area (Å²) in [5, 5.41) is 3.44. The molecule has 0 saturated heterocycles. The minimum atomic E-state index is 0.239. The highest BCUT2D eigenvalue weighted by molar-refractivity contribution is 5.11. The minimum Gasteiger partial charge on any atom is -0.472 e. The molecule has 0 saturated carbocycles. The number of likely N-dealkylation sites (N-methyl/N-ethyl adjacent to an activating group) is 1. The molecular weight excluding hydrogens is 202 g/mol. The number of hydrogen-bond donors (Lipinski definition) is 1. The van der Waals surface area contributed by atoms with E-state index in [1.165, 1.54) is 5.56 Å². The molecule has 1 unspecified atom stereocenters.